The molecule has 2 aromatic heterocycles. The molecule has 0 N–H and O–H groups in total. The molecule has 3 rings (SSSR count). The monoisotopic (exact) mass is 301 g/mol. The number of carbonyl (C=O) groups excluding carboxylic acids is 1. The molecule has 118 valence electrons. The Morgan fingerprint density at radius 3 is 2.55 bits per heavy atom. The van der Waals surface area contributed by atoms with Gasteiger partial charge in [-0.15, -0.1) is 0 Å². The minimum atomic E-state index is 0.0994. The van der Waals surface area contributed by atoms with Crippen LogP contribution in [0.25, 0.3) is 11.0 Å². The molecule has 1 amide bonds. The molecule has 22 heavy (non-hydrogen) atoms. The van der Waals surface area contributed by atoms with Crippen LogP contribution in [0, 0.1) is 13.8 Å². The average molecular weight is 301 g/mol. The Morgan fingerprint density at radius 1 is 1.23 bits per heavy atom. The molecule has 0 unspecified atom stereocenters. The Hall–Kier alpha value is -1.95. The molecule has 1 aliphatic rings. The Bertz CT molecular complexity index is 713. The number of amides is 1. The summed E-state index contributed by atoms with van der Waals surface area (Å²) in [6.45, 7) is 10.1. The van der Waals surface area contributed by atoms with Crippen LogP contribution < -0.4 is 0 Å². The molecule has 1 aliphatic heterocycles. The van der Waals surface area contributed by atoms with Gasteiger partial charge < -0.3 is 9.80 Å². The standard InChI is InChI=1S/C16H23N5O/c1-5-21-15-14(12(3)18-21)13(10-11(2)17-15)16(22)20-8-6-19(4)7-9-20/h10H,5-9H2,1-4H3. The lowest BCUT2D eigenvalue weighted by atomic mass is 10.1. The second-order valence-electron chi connectivity index (χ2n) is 6.01. The molecule has 0 atom stereocenters. The van der Waals surface area contributed by atoms with Crippen LogP contribution in [0.15, 0.2) is 6.07 Å². The Kier molecular flexibility index (Phi) is 3.87. The maximum Gasteiger partial charge on any atom is 0.254 e. The van der Waals surface area contributed by atoms with Crippen molar-refractivity contribution in [3.05, 3.63) is 23.0 Å². The number of aryl methyl sites for hydroxylation is 3. The van der Waals surface area contributed by atoms with Crippen molar-refractivity contribution in [2.75, 3.05) is 33.2 Å². The highest BCUT2D eigenvalue weighted by atomic mass is 16.2. The number of fused-ring (bicyclic) bond motifs is 1. The zero-order chi connectivity index (χ0) is 15.9. The predicted octanol–water partition coefficient (Wildman–Crippen LogP) is 1.46. The molecule has 0 spiro atoms. The summed E-state index contributed by atoms with van der Waals surface area (Å²) in [5.74, 6) is 0.0994. The van der Waals surface area contributed by atoms with Crippen molar-refractivity contribution in [3.8, 4) is 0 Å². The van der Waals surface area contributed by atoms with E-state index in [1.807, 2.05) is 36.4 Å². The first kappa shape index (κ1) is 15.0. The van der Waals surface area contributed by atoms with Crippen LogP contribution in [-0.2, 0) is 6.54 Å². The first-order valence-corrected chi connectivity index (χ1v) is 7.83. The van der Waals surface area contributed by atoms with Gasteiger partial charge in [-0.3, -0.25) is 4.79 Å². The van der Waals surface area contributed by atoms with Gasteiger partial charge in [-0.25, -0.2) is 9.67 Å². The highest BCUT2D eigenvalue weighted by Gasteiger charge is 2.24. The summed E-state index contributed by atoms with van der Waals surface area (Å²) in [5.41, 5.74) is 3.29. The van der Waals surface area contributed by atoms with E-state index in [0.29, 0.717) is 0 Å². The first-order chi connectivity index (χ1) is 10.5. The summed E-state index contributed by atoms with van der Waals surface area (Å²) in [7, 11) is 2.09. The molecule has 0 aromatic carbocycles. The van der Waals surface area contributed by atoms with Crippen molar-refractivity contribution in [2.24, 2.45) is 0 Å². The molecular formula is C16H23N5O. The number of likely N-dealkylation sites (N-methyl/N-ethyl adjacent to an activating group) is 1. The SMILES string of the molecule is CCn1nc(C)c2c(C(=O)N3CCN(C)CC3)cc(C)nc21. The second-order valence-corrected chi connectivity index (χ2v) is 6.01. The number of pyridine rings is 1. The summed E-state index contributed by atoms with van der Waals surface area (Å²) >= 11 is 0. The van der Waals surface area contributed by atoms with Gasteiger partial charge in [0.15, 0.2) is 5.65 Å². The number of aromatic nitrogens is 3. The van der Waals surface area contributed by atoms with Gasteiger partial charge in [-0.05, 0) is 33.9 Å². The summed E-state index contributed by atoms with van der Waals surface area (Å²) in [5, 5.41) is 5.42. The topological polar surface area (TPSA) is 54.3 Å². The lowest BCUT2D eigenvalue weighted by Gasteiger charge is -2.32. The zero-order valence-corrected chi connectivity index (χ0v) is 13.8. The molecule has 0 bridgehead atoms. The molecule has 0 aliphatic carbocycles. The van der Waals surface area contributed by atoms with Crippen molar-refractivity contribution in [2.45, 2.75) is 27.3 Å². The van der Waals surface area contributed by atoms with Crippen molar-refractivity contribution in [3.63, 3.8) is 0 Å². The lowest BCUT2D eigenvalue weighted by Crippen LogP contribution is -2.47. The molecule has 0 saturated carbocycles. The van der Waals surface area contributed by atoms with E-state index in [1.54, 1.807) is 0 Å². The van der Waals surface area contributed by atoms with Gasteiger partial charge in [0.1, 0.15) is 0 Å². The van der Waals surface area contributed by atoms with E-state index in [9.17, 15) is 4.79 Å². The van der Waals surface area contributed by atoms with E-state index >= 15 is 0 Å². The Labute approximate surface area is 130 Å². The summed E-state index contributed by atoms with van der Waals surface area (Å²) < 4.78 is 1.87. The van der Waals surface area contributed by atoms with Crippen LogP contribution >= 0.6 is 0 Å². The largest absolute Gasteiger partial charge is 0.336 e. The predicted molar refractivity (Wildman–Crippen MR) is 86.1 cm³/mol. The molecular weight excluding hydrogens is 278 g/mol. The normalized spacial score (nSPS) is 16.5. The van der Waals surface area contributed by atoms with Crippen molar-refractivity contribution >= 4 is 16.9 Å². The zero-order valence-electron chi connectivity index (χ0n) is 13.8. The summed E-state index contributed by atoms with van der Waals surface area (Å²) in [6, 6.07) is 1.90. The number of nitrogens with zero attached hydrogens (tertiary/aromatic N) is 5. The molecule has 6 nitrogen and oxygen atoms in total. The number of hydrogen-bond acceptors (Lipinski definition) is 4. The minimum absolute atomic E-state index is 0.0994. The Morgan fingerprint density at radius 2 is 1.91 bits per heavy atom. The summed E-state index contributed by atoms with van der Waals surface area (Å²) in [4.78, 5) is 21.7. The van der Waals surface area contributed by atoms with E-state index < -0.39 is 0 Å². The Balaban J connectivity index is 2.06. The number of hydrogen-bond donors (Lipinski definition) is 0. The van der Waals surface area contributed by atoms with Gasteiger partial charge in [-0.1, -0.05) is 0 Å². The van der Waals surface area contributed by atoms with Crippen LogP contribution in [0.5, 0.6) is 0 Å². The van der Waals surface area contributed by atoms with E-state index in [4.69, 9.17) is 0 Å². The van der Waals surface area contributed by atoms with Gasteiger partial charge in [0.05, 0.1) is 16.6 Å². The minimum Gasteiger partial charge on any atom is -0.336 e. The van der Waals surface area contributed by atoms with Crippen molar-refractivity contribution in [1.82, 2.24) is 24.6 Å². The lowest BCUT2D eigenvalue weighted by molar-refractivity contribution is 0.0666. The molecule has 2 aromatic rings. The maximum absolute atomic E-state index is 13.0. The number of piperazine rings is 1. The van der Waals surface area contributed by atoms with Gasteiger partial charge in [0.2, 0.25) is 0 Å². The van der Waals surface area contributed by atoms with Gasteiger partial charge in [0, 0.05) is 38.4 Å². The van der Waals surface area contributed by atoms with Crippen LogP contribution in [0.2, 0.25) is 0 Å². The van der Waals surface area contributed by atoms with Gasteiger partial charge >= 0.3 is 0 Å². The van der Waals surface area contributed by atoms with Crippen LogP contribution in [-0.4, -0.2) is 63.7 Å². The second kappa shape index (κ2) is 5.68. The first-order valence-electron chi connectivity index (χ1n) is 7.83. The van der Waals surface area contributed by atoms with Crippen LogP contribution in [0.3, 0.4) is 0 Å². The van der Waals surface area contributed by atoms with E-state index in [0.717, 1.165) is 60.7 Å². The van der Waals surface area contributed by atoms with Crippen molar-refractivity contribution in [1.29, 1.82) is 0 Å². The number of rotatable bonds is 2. The maximum atomic E-state index is 13.0. The van der Waals surface area contributed by atoms with Crippen LogP contribution in [0.4, 0.5) is 0 Å². The van der Waals surface area contributed by atoms with Gasteiger partial charge in [0.25, 0.3) is 5.91 Å². The quantitative estimate of drug-likeness (QED) is 0.842. The van der Waals surface area contributed by atoms with E-state index in [-0.39, 0.29) is 5.91 Å². The summed E-state index contributed by atoms with van der Waals surface area (Å²) in [6.07, 6.45) is 0. The highest BCUT2D eigenvalue weighted by Crippen LogP contribution is 2.24. The highest BCUT2D eigenvalue weighted by molar-refractivity contribution is 6.06. The molecule has 6 heteroatoms. The van der Waals surface area contributed by atoms with E-state index in [2.05, 4.69) is 22.0 Å². The fraction of sp³-hybridized carbons (Fsp3) is 0.562. The fourth-order valence-electron chi connectivity index (χ4n) is 3.05. The molecule has 1 fully saturated rings. The number of carbonyl (C=O) groups is 1. The third-order valence-corrected chi connectivity index (χ3v) is 4.33. The molecule has 1 saturated heterocycles. The molecule has 3 heterocycles. The fourth-order valence-corrected chi connectivity index (χ4v) is 3.05. The van der Waals surface area contributed by atoms with E-state index in [1.165, 1.54) is 0 Å². The smallest absolute Gasteiger partial charge is 0.254 e. The van der Waals surface area contributed by atoms with Crippen molar-refractivity contribution < 1.29 is 4.79 Å². The third-order valence-electron chi connectivity index (χ3n) is 4.33. The average Bonchev–Trinajstić information content (AvgIpc) is 2.82. The van der Waals surface area contributed by atoms with Crippen LogP contribution in [0.1, 0.15) is 28.7 Å². The molecule has 0 radical (unpaired) electrons. The third kappa shape index (κ3) is 2.47. The van der Waals surface area contributed by atoms with Gasteiger partial charge in [-0.2, -0.15) is 5.10 Å².